The second kappa shape index (κ2) is 3.75. The lowest BCUT2D eigenvalue weighted by Crippen LogP contribution is -2.58. The molecule has 1 unspecified atom stereocenters. The summed E-state index contributed by atoms with van der Waals surface area (Å²) in [6.45, 7) is 5.26. The zero-order valence-electron chi connectivity index (χ0n) is 8.52. The molecular formula is C9H18FNOS. The van der Waals surface area contributed by atoms with Crippen molar-refractivity contribution in [2.24, 2.45) is 0 Å². The van der Waals surface area contributed by atoms with Gasteiger partial charge < -0.3 is 4.55 Å². The minimum Gasteiger partial charge on any atom is -0.598 e. The van der Waals surface area contributed by atoms with Gasteiger partial charge in [-0.1, -0.05) is 0 Å². The van der Waals surface area contributed by atoms with Crippen LogP contribution in [0, 0.1) is 0 Å². The zero-order valence-corrected chi connectivity index (χ0v) is 9.34. The summed E-state index contributed by atoms with van der Waals surface area (Å²) in [6.07, 6.45) is 2.66. The normalized spacial score (nSPS) is 23.8. The summed E-state index contributed by atoms with van der Waals surface area (Å²) in [5.74, 6) is 0. The van der Waals surface area contributed by atoms with Crippen LogP contribution in [0.25, 0.3) is 0 Å². The van der Waals surface area contributed by atoms with Crippen molar-refractivity contribution in [3.8, 4) is 0 Å². The highest BCUT2D eigenvalue weighted by Gasteiger charge is 2.43. The summed E-state index contributed by atoms with van der Waals surface area (Å²) in [5, 5.41) is 0. The summed E-state index contributed by atoms with van der Waals surface area (Å²) < 4.78 is 26.9. The molecule has 13 heavy (non-hydrogen) atoms. The van der Waals surface area contributed by atoms with Crippen molar-refractivity contribution in [1.29, 1.82) is 0 Å². The Labute approximate surface area is 82.6 Å². The van der Waals surface area contributed by atoms with E-state index in [1.807, 2.05) is 20.8 Å². The summed E-state index contributed by atoms with van der Waals surface area (Å²) in [6, 6.07) is 0. The first kappa shape index (κ1) is 11.3. The van der Waals surface area contributed by atoms with E-state index in [-0.39, 0.29) is 4.75 Å². The summed E-state index contributed by atoms with van der Waals surface area (Å²) in [5.41, 5.74) is -0.474. The number of hydrogen-bond acceptors (Lipinski definition) is 2. The number of hydrogen-bond donors (Lipinski definition) is 1. The van der Waals surface area contributed by atoms with Gasteiger partial charge >= 0.3 is 0 Å². The minimum atomic E-state index is -1.15. The Bertz CT molecular complexity index is 171. The van der Waals surface area contributed by atoms with Crippen LogP contribution in [0.3, 0.4) is 0 Å². The predicted molar refractivity (Wildman–Crippen MR) is 53.6 cm³/mol. The van der Waals surface area contributed by atoms with E-state index in [2.05, 4.69) is 4.72 Å². The molecule has 1 N–H and O–H groups in total. The molecule has 0 aromatic carbocycles. The molecule has 78 valence electrons. The van der Waals surface area contributed by atoms with Gasteiger partial charge in [-0.15, -0.1) is 4.72 Å². The van der Waals surface area contributed by atoms with Crippen LogP contribution in [0.15, 0.2) is 0 Å². The van der Waals surface area contributed by atoms with Crippen molar-refractivity contribution in [3.05, 3.63) is 0 Å². The molecule has 0 aliphatic heterocycles. The number of alkyl halides is 1. The van der Waals surface area contributed by atoms with Crippen molar-refractivity contribution in [3.63, 3.8) is 0 Å². The van der Waals surface area contributed by atoms with Gasteiger partial charge in [0.05, 0.1) is 5.54 Å². The van der Waals surface area contributed by atoms with Crippen LogP contribution < -0.4 is 4.72 Å². The monoisotopic (exact) mass is 207 g/mol. The quantitative estimate of drug-likeness (QED) is 0.718. The fourth-order valence-corrected chi connectivity index (χ4v) is 2.17. The highest BCUT2D eigenvalue weighted by atomic mass is 32.2. The standard InChI is InChI=1S/C9H18FNOS/c1-8(2,3)13(12)11-9(7-10)5-4-6-9/h11H,4-7H2,1-3H3. The summed E-state index contributed by atoms with van der Waals surface area (Å²) >= 11 is -1.15. The summed E-state index contributed by atoms with van der Waals surface area (Å²) in [4.78, 5) is 0. The first-order valence-electron chi connectivity index (χ1n) is 4.65. The van der Waals surface area contributed by atoms with Crippen LogP contribution in [0.1, 0.15) is 40.0 Å². The van der Waals surface area contributed by atoms with Gasteiger partial charge in [-0.2, -0.15) is 0 Å². The first-order valence-corrected chi connectivity index (χ1v) is 5.80. The smallest absolute Gasteiger partial charge is 0.136 e. The van der Waals surface area contributed by atoms with Gasteiger partial charge in [0.1, 0.15) is 11.4 Å². The third-order valence-electron chi connectivity index (χ3n) is 2.43. The molecule has 0 aromatic heterocycles. The van der Waals surface area contributed by atoms with E-state index in [1.165, 1.54) is 0 Å². The molecule has 4 heteroatoms. The number of nitrogens with one attached hydrogen (secondary N) is 1. The Balaban J connectivity index is 2.47. The fourth-order valence-electron chi connectivity index (χ4n) is 1.22. The molecule has 0 aromatic rings. The predicted octanol–water partition coefficient (Wildman–Crippen LogP) is 1.93. The fraction of sp³-hybridized carbons (Fsp3) is 1.00. The van der Waals surface area contributed by atoms with E-state index in [4.69, 9.17) is 0 Å². The molecule has 0 radical (unpaired) electrons. The molecule has 0 heterocycles. The molecule has 0 spiro atoms. The summed E-state index contributed by atoms with van der Waals surface area (Å²) in [7, 11) is 0. The highest BCUT2D eigenvalue weighted by Crippen LogP contribution is 2.34. The third-order valence-corrected chi connectivity index (χ3v) is 4.16. The molecule has 1 atom stereocenters. The molecule has 0 saturated heterocycles. The molecular weight excluding hydrogens is 189 g/mol. The largest absolute Gasteiger partial charge is 0.598 e. The Morgan fingerprint density at radius 1 is 1.46 bits per heavy atom. The van der Waals surface area contributed by atoms with E-state index in [0.717, 1.165) is 19.3 Å². The van der Waals surface area contributed by atoms with Crippen molar-refractivity contribution in [2.45, 2.75) is 50.3 Å². The van der Waals surface area contributed by atoms with E-state index in [9.17, 15) is 8.94 Å². The van der Waals surface area contributed by atoms with E-state index in [0.29, 0.717) is 0 Å². The van der Waals surface area contributed by atoms with Crippen molar-refractivity contribution >= 4 is 11.4 Å². The molecule has 1 rings (SSSR count). The van der Waals surface area contributed by atoms with Gasteiger partial charge in [-0.05, 0) is 40.0 Å². The maximum atomic E-state index is 12.6. The van der Waals surface area contributed by atoms with Crippen molar-refractivity contribution in [1.82, 2.24) is 4.72 Å². The molecule has 0 amide bonds. The first-order chi connectivity index (χ1) is 5.90. The number of rotatable bonds is 3. The lowest BCUT2D eigenvalue weighted by atomic mass is 9.79. The van der Waals surface area contributed by atoms with E-state index in [1.54, 1.807) is 0 Å². The lowest BCUT2D eigenvalue weighted by molar-refractivity contribution is 0.168. The van der Waals surface area contributed by atoms with Crippen LogP contribution in [0.5, 0.6) is 0 Å². The second-order valence-electron chi connectivity index (χ2n) is 4.75. The van der Waals surface area contributed by atoms with Crippen molar-refractivity contribution < 1.29 is 8.94 Å². The van der Waals surface area contributed by atoms with Gasteiger partial charge in [-0.25, -0.2) is 4.39 Å². The SMILES string of the molecule is CC(C)(C)[S+]([O-])NC1(CF)CCC1. The molecule has 1 saturated carbocycles. The average Bonchev–Trinajstić information content (AvgIpc) is 1.94. The van der Waals surface area contributed by atoms with Crippen LogP contribution in [0.4, 0.5) is 4.39 Å². The maximum Gasteiger partial charge on any atom is 0.136 e. The Morgan fingerprint density at radius 2 is 2.00 bits per heavy atom. The minimum absolute atomic E-state index is 0.308. The van der Waals surface area contributed by atoms with Crippen molar-refractivity contribution in [2.75, 3.05) is 6.67 Å². The van der Waals surface area contributed by atoms with Gasteiger partial charge in [-0.3, -0.25) is 0 Å². The lowest BCUT2D eigenvalue weighted by Gasteiger charge is -2.41. The van der Waals surface area contributed by atoms with Gasteiger partial charge in [0.25, 0.3) is 0 Å². The molecule has 1 aliphatic rings. The Morgan fingerprint density at radius 3 is 2.23 bits per heavy atom. The number of halogens is 1. The zero-order chi connectivity index (χ0) is 10.1. The highest BCUT2D eigenvalue weighted by molar-refractivity contribution is 7.90. The average molecular weight is 207 g/mol. The van der Waals surface area contributed by atoms with Gasteiger partial charge in [0.15, 0.2) is 0 Å². The van der Waals surface area contributed by atoms with Gasteiger partial charge in [0, 0.05) is 11.4 Å². The van der Waals surface area contributed by atoms with Crippen LogP contribution in [0.2, 0.25) is 0 Å². The second-order valence-corrected chi connectivity index (χ2v) is 6.72. The molecule has 0 bridgehead atoms. The van der Waals surface area contributed by atoms with Gasteiger partial charge in [0.2, 0.25) is 0 Å². The van der Waals surface area contributed by atoms with Crippen LogP contribution >= 0.6 is 0 Å². The maximum absolute atomic E-state index is 12.6. The molecule has 1 aliphatic carbocycles. The topological polar surface area (TPSA) is 35.1 Å². The van der Waals surface area contributed by atoms with E-state index < -0.39 is 23.6 Å². The molecule has 1 fully saturated rings. The Hall–Kier alpha value is 0.200. The van der Waals surface area contributed by atoms with Crippen LogP contribution in [-0.2, 0) is 11.4 Å². The Kier molecular flexibility index (Phi) is 3.25. The third kappa shape index (κ3) is 2.58. The van der Waals surface area contributed by atoms with E-state index >= 15 is 0 Å². The van der Waals surface area contributed by atoms with Crippen LogP contribution in [-0.4, -0.2) is 21.5 Å². The molecule has 2 nitrogen and oxygen atoms in total.